The molecule has 0 radical (unpaired) electrons. The summed E-state index contributed by atoms with van der Waals surface area (Å²) in [5.41, 5.74) is 3.30. The molecule has 27 heavy (non-hydrogen) atoms. The van der Waals surface area contributed by atoms with Gasteiger partial charge < -0.3 is 14.3 Å². The average molecular weight is 358 g/mol. The number of methoxy groups -OCH3 is 1. The maximum atomic E-state index is 12.2. The van der Waals surface area contributed by atoms with E-state index in [2.05, 4.69) is 15.0 Å². The molecule has 0 amide bonds. The van der Waals surface area contributed by atoms with Gasteiger partial charge in [0.25, 0.3) is 5.56 Å². The quantitative estimate of drug-likeness (QED) is 0.605. The fourth-order valence-corrected chi connectivity index (χ4v) is 2.92. The van der Waals surface area contributed by atoms with Crippen LogP contribution in [0, 0.1) is 6.92 Å². The third-order valence-corrected chi connectivity index (χ3v) is 4.26. The molecular formula is C21H18N4O2. The minimum Gasteiger partial charge on any atom is -0.495 e. The van der Waals surface area contributed by atoms with Gasteiger partial charge in [-0.2, -0.15) is 0 Å². The van der Waals surface area contributed by atoms with Crippen LogP contribution in [0.15, 0.2) is 59.8 Å². The van der Waals surface area contributed by atoms with Gasteiger partial charge in [-0.1, -0.05) is 24.3 Å². The van der Waals surface area contributed by atoms with E-state index in [0.29, 0.717) is 16.7 Å². The number of hydrogen-bond donors (Lipinski definition) is 1. The van der Waals surface area contributed by atoms with Gasteiger partial charge in [0.05, 0.1) is 35.7 Å². The Bertz CT molecular complexity index is 1200. The van der Waals surface area contributed by atoms with E-state index in [-0.39, 0.29) is 5.56 Å². The minimum atomic E-state index is -0.149. The number of rotatable bonds is 4. The Morgan fingerprint density at radius 2 is 2.00 bits per heavy atom. The summed E-state index contributed by atoms with van der Waals surface area (Å²) in [5, 5.41) is 0.580. The second kappa shape index (κ2) is 6.92. The van der Waals surface area contributed by atoms with Crippen LogP contribution in [0.3, 0.4) is 0 Å². The predicted molar refractivity (Wildman–Crippen MR) is 106 cm³/mol. The van der Waals surface area contributed by atoms with Crippen molar-refractivity contribution in [3.63, 3.8) is 0 Å². The number of H-pyrrole nitrogens is 1. The summed E-state index contributed by atoms with van der Waals surface area (Å²) in [5.74, 6) is 1.24. The van der Waals surface area contributed by atoms with Gasteiger partial charge in [-0.15, -0.1) is 0 Å². The Labute approximate surface area is 155 Å². The van der Waals surface area contributed by atoms with Gasteiger partial charge in [-0.25, -0.2) is 9.97 Å². The summed E-state index contributed by atoms with van der Waals surface area (Å²) in [7, 11) is 1.64. The molecule has 0 saturated heterocycles. The van der Waals surface area contributed by atoms with E-state index in [4.69, 9.17) is 4.74 Å². The molecule has 1 N–H and O–H groups in total. The lowest BCUT2D eigenvalue weighted by Crippen LogP contribution is -2.09. The Balaban J connectivity index is 1.67. The second-order valence-electron chi connectivity index (χ2n) is 6.16. The molecule has 0 atom stereocenters. The number of ether oxygens (including phenoxy) is 1. The third kappa shape index (κ3) is 3.37. The summed E-state index contributed by atoms with van der Waals surface area (Å²) < 4.78 is 7.44. The van der Waals surface area contributed by atoms with E-state index in [1.807, 2.05) is 60.2 Å². The van der Waals surface area contributed by atoms with E-state index in [1.54, 1.807) is 25.6 Å². The highest BCUT2D eigenvalue weighted by Gasteiger charge is 2.06. The summed E-state index contributed by atoms with van der Waals surface area (Å²) in [4.78, 5) is 23.7. The number of nitrogens with zero attached hydrogens (tertiary/aromatic N) is 3. The summed E-state index contributed by atoms with van der Waals surface area (Å²) >= 11 is 0. The van der Waals surface area contributed by atoms with Gasteiger partial charge in [0.15, 0.2) is 0 Å². The van der Waals surface area contributed by atoms with Gasteiger partial charge in [0.2, 0.25) is 0 Å². The molecule has 0 saturated carbocycles. The van der Waals surface area contributed by atoms with Gasteiger partial charge in [0, 0.05) is 6.20 Å². The molecule has 0 aliphatic heterocycles. The Morgan fingerprint density at radius 1 is 1.15 bits per heavy atom. The molecule has 2 aromatic carbocycles. The van der Waals surface area contributed by atoms with E-state index in [0.717, 1.165) is 22.7 Å². The highest BCUT2D eigenvalue weighted by molar-refractivity contribution is 5.79. The fourth-order valence-electron chi connectivity index (χ4n) is 2.92. The summed E-state index contributed by atoms with van der Waals surface area (Å²) in [6.07, 6.45) is 7.37. The molecule has 0 aliphatic carbocycles. The van der Waals surface area contributed by atoms with Gasteiger partial charge in [-0.05, 0) is 42.8 Å². The van der Waals surface area contributed by atoms with Crippen LogP contribution in [-0.4, -0.2) is 26.6 Å². The molecule has 0 aliphatic rings. The van der Waals surface area contributed by atoms with Crippen LogP contribution in [-0.2, 0) is 0 Å². The zero-order valence-electron chi connectivity index (χ0n) is 15.0. The van der Waals surface area contributed by atoms with Gasteiger partial charge in [0.1, 0.15) is 11.6 Å². The highest BCUT2D eigenvalue weighted by atomic mass is 16.5. The average Bonchev–Trinajstić information content (AvgIpc) is 3.12. The van der Waals surface area contributed by atoms with Gasteiger partial charge in [-0.3, -0.25) is 4.79 Å². The minimum absolute atomic E-state index is 0.149. The number of benzene rings is 2. The van der Waals surface area contributed by atoms with Crippen molar-refractivity contribution in [3.05, 3.63) is 82.4 Å². The van der Waals surface area contributed by atoms with Crippen LogP contribution in [0.4, 0.5) is 0 Å². The Hall–Kier alpha value is -3.67. The number of para-hydroxylation sites is 1. The van der Waals surface area contributed by atoms with Crippen LogP contribution < -0.4 is 10.3 Å². The van der Waals surface area contributed by atoms with Crippen LogP contribution in [0.5, 0.6) is 5.75 Å². The Morgan fingerprint density at radius 3 is 2.78 bits per heavy atom. The molecule has 4 aromatic rings. The third-order valence-electron chi connectivity index (χ3n) is 4.26. The van der Waals surface area contributed by atoms with Crippen molar-refractivity contribution >= 4 is 23.1 Å². The smallest absolute Gasteiger partial charge is 0.259 e. The zero-order chi connectivity index (χ0) is 18.8. The van der Waals surface area contributed by atoms with Crippen molar-refractivity contribution in [3.8, 4) is 11.4 Å². The molecule has 4 rings (SSSR count). The summed E-state index contributed by atoms with van der Waals surface area (Å²) in [6, 6.07) is 13.1. The van der Waals surface area contributed by atoms with Crippen LogP contribution in [0.2, 0.25) is 0 Å². The van der Waals surface area contributed by atoms with Crippen molar-refractivity contribution in [2.45, 2.75) is 6.92 Å². The first-order valence-electron chi connectivity index (χ1n) is 8.50. The molecular weight excluding hydrogens is 340 g/mol. The van der Waals surface area contributed by atoms with E-state index in [1.165, 1.54) is 0 Å². The monoisotopic (exact) mass is 358 g/mol. The van der Waals surface area contributed by atoms with Crippen molar-refractivity contribution < 1.29 is 4.74 Å². The molecule has 6 heteroatoms. The number of aromatic nitrogens is 4. The molecule has 0 spiro atoms. The molecule has 0 unspecified atom stereocenters. The largest absolute Gasteiger partial charge is 0.495 e. The first kappa shape index (κ1) is 16.8. The first-order valence-corrected chi connectivity index (χ1v) is 8.50. The Kier molecular flexibility index (Phi) is 4.30. The lowest BCUT2D eigenvalue weighted by atomic mass is 10.1. The van der Waals surface area contributed by atoms with Crippen molar-refractivity contribution in [1.29, 1.82) is 0 Å². The SMILES string of the molecule is COc1cc(C=Cc2nc3ccccc3c(=O)[nH]2)ccc1-n1cnc(C)c1. The van der Waals surface area contributed by atoms with Crippen molar-refractivity contribution in [1.82, 2.24) is 19.5 Å². The number of fused-ring (bicyclic) bond motifs is 1. The van der Waals surface area contributed by atoms with E-state index < -0.39 is 0 Å². The maximum absolute atomic E-state index is 12.2. The van der Waals surface area contributed by atoms with Crippen LogP contribution >= 0.6 is 0 Å². The van der Waals surface area contributed by atoms with E-state index in [9.17, 15) is 4.79 Å². The number of nitrogens with one attached hydrogen (secondary N) is 1. The fraction of sp³-hybridized carbons (Fsp3) is 0.0952. The number of aryl methyl sites for hydroxylation is 1. The number of aromatic amines is 1. The van der Waals surface area contributed by atoms with E-state index >= 15 is 0 Å². The number of imidazole rings is 1. The zero-order valence-corrected chi connectivity index (χ0v) is 15.0. The lowest BCUT2D eigenvalue weighted by molar-refractivity contribution is 0.413. The van der Waals surface area contributed by atoms with Gasteiger partial charge >= 0.3 is 0 Å². The second-order valence-corrected chi connectivity index (χ2v) is 6.16. The molecule has 134 valence electrons. The normalized spacial score (nSPS) is 11.3. The first-order chi connectivity index (χ1) is 13.1. The van der Waals surface area contributed by atoms with Crippen molar-refractivity contribution in [2.24, 2.45) is 0 Å². The lowest BCUT2D eigenvalue weighted by Gasteiger charge is -2.10. The molecule has 2 aromatic heterocycles. The van der Waals surface area contributed by atoms with Crippen molar-refractivity contribution in [2.75, 3.05) is 7.11 Å². The number of hydrogen-bond acceptors (Lipinski definition) is 4. The predicted octanol–water partition coefficient (Wildman–Crippen LogP) is 3.60. The molecule has 0 bridgehead atoms. The molecule has 0 fully saturated rings. The molecule has 6 nitrogen and oxygen atoms in total. The highest BCUT2D eigenvalue weighted by Crippen LogP contribution is 2.25. The molecule has 2 heterocycles. The standard InChI is InChI=1S/C21H18N4O2/c1-14-12-25(13-22-14)18-9-7-15(11-19(18)27-2)8-10-20-23-17-6-4-3-5-16(17)21(26)24-20/h3-13H,1-2H3,(H,23,24,26). The topological polar surface area (TPSA) is 72.8 Å². The van der Waals surface area contributed by atoms with Crippen LogP contribution in [0.1, 0.15) is 17.1 Å². The summed E-state index contributed by atoms with van der Waals surface area (Å²) in [6.45, 7) is 1.94. The van der Waals surface area contributed by atoms with Crippen LogP contribution in [0.25, 0.3) is 28.7 Å². The maximum Gasteiger partial charge on any atom is 0.259 e.